The molecular weight excluding hydrogens is 656 g/mol. The summed E-state index contributed by atoms with van der Waals surface area (Å²) in [5.41, 5.74) is 5.80. The highest BCUT2D eigenvalue weighted by Crippen LogP contribution is 2.25. The first-order valence-electron chi connectivity index (χ1n) is 22.0. The fourth-order valence-electron chi connectivity index (χ4n) is 7.25. The van der Waals surface area contributed by atoms with E-state index in [-0.39, 0.29) is 6.03 Å². The summed E-state index contributed by atoms with van der Waals surface area (Å²) in [4.78, 5) is 27.8. The zero-order valence-electron chi connectivity index (χ0n) is 34.0. The molecule has 3 amide bonds. The molecule has 1 aliphatic rings. The highest BCUT2D eigenvalue weighted by molar-refractivity contribution is 5.81. The van der Waals surface area contributed by atoms with Gasteiger partial charge in [-0.1, -0.05) is 181 Å². The lowest BCUT2D eigenvalue weighted by Crippen LogP contribution is -2.70. The maximum Gasteiger partial charge on any atom is 0.319 e. The van der Waals surface area contributed by atoms with Gasteiger partial charge in [-0.3, -0.25) is 9.69 Å². The third-order valence-corrected chi connectivity index (χ3v) is 10.7. The topological polar surface area (TPSA) is 157 Å². The van der Waals surface area contributed by atoms with E-state index in [2.05, 4.69) is 24.5 Å². The number of ether oxygens (including phenoxy) is 1. The van der Waals surface area contributed by atoms with Crippen LogP contribution >= 0.6 is 0 Å². The molecule has 0 spiro atoms. The number of carbonyl (C=O) groups excluding carboxylic acids is 2. The second kappa shape index (κ2) is 32.9. The van der Waals surface area contributed by atoms with Crippen LogP contribution in [0.5, 0.6) is 0 Å². The lowest BCUT2D eigenvalue weighted by molar-refractivity contribution is -0.224. The first-order valence-corrected chi connectivity index (χ1v) is 22.0. The monoisotopic (exact) mass is 741 g/mol. The van der Waals surface area contributed by atoms with Crippen LogP contribution in [0.4, 0.5) is 4.79 Å². The van der Waals surface area contributed by atoms with Gasteiger partial charge in [0.2, 0.25) is 5.91 Å². The van der Waals surface area contributed by atoms with E-state index in [4.69, 9.17) is 10.5 Å². The molecule has 0 aromatic carbocycles. The maximum atomic E-state index is 13.7. The number of hydrogen-bond acceptors (Lipinski definition) is 7. The zero-order chi connectivity index (χ0) is 38.2. The number of carbonyl (C=O) groups is 2. The van der Waals surface area contributed by atoms with Crippen LogP contribution in [-0.2, 0) is 9.53 Å². The van der Waals surface area contributed by atoms with Gasteiger partial charge in [-0.2, -0.15) is 0 Å². The second-order valence-electron chi connectivity index (χ2n) is 15.7. The Kier molecular flexibility index (Phi) is 30.7. The number of nitrogens with zero attached hydrogens (tertiary/aromatic N) is 1. The zero-order valence-corrected chi connectivity index (χ0v) is 34.0. The van der Waals surface area contributed by atoms with Crippen molar-refractivity contribution in [2.24, 2.45) is 5.73 Å². The standard InChI is InChI=1S/C42H84N4O6/c1-4-6-8-10-12-14-16-18-19-20-21-23-25-27-29-31-33-46(41-37(45-40(50)35(3)43)39(49)38(48)36(34-47)52-41)42(51)44-32-30-28-26-24-22-17-15-13-11-9-7-5-2/h35-39,41,47-49H,4-34,43H2,1-3H3,(H,44,51)(H,45,50)/t35-,36+,37+,38+,39+,41+/m0/s1. The largest absolute Gasteiger partial charge is 0.394 e. The van der Waals surface area contributed by atoms with Crippen molar-refractivity contribution in [3.63, 3.8) is 0 Å². The third-order valence-electron chi connectivity index (χ3n) is 10.7. The van der Waals surface area contributed by atoms with E-state index < -0.39 is 49.1 Å². The Morgan fingerprint density at radius 1 is 0.635 bits per heavy atom. The number of urea groups is 1. The van der Waals surface area contributed by atoms with Crippen LogP contribution in [0.3, 0.4) is 0 Å². The number of unbranched alkanes of at least 4 members (excludes halogenated alkanes) is 26. The summed E-state index contributed by atoms with van der Waals surface area (Å²) in [6, 6.07) is -2.29. The third kappa shape index (κ3) is 22.7. The van der Waals surface area contributed by atoms with Crippen LogP contribution < -0.4 is 16.4 Å². The molecule has 0 unspecified atom stereocenters. The molecule has 1 rings (SSSR count). The lowest BCUT2D eigenvalue weighted by atomic mass is 9.95. The van der Waals surface area contributed by atoms with E-state index in [1.807, 2.05) is 0 Å². The van der Waals surface area contributed by atoms with Crippen molar-refractivity contribution in [1.82, 2.24) is 15.5 Å². The number of amides is 3. The number of aliphatic hydroxyl groups is 3. The number of nitrogens with two attached hydrogens (primary N) is 1. The quantitative estimate of drug-likeness (QED) is 0.0363. The Bertz CT molecular complexity index is 849. The van der Waals surface area contributed by atoms with Gasteiger partial charge in [0.1, 0.15) is 24.4 Å². The van der Waals surface area contributed by atoms with Crippen molar-refractivity contribution >= 4 is 11.9 Å². The Morgan fingerprint density at radius 3 is 1.40 bits per heavy atom. The van der Waals surface area contributed by atoms with E-state index in [9.17, 15) is 24.9 Å². The van der Waals surface area contributed by atoms with Gasteiger partial charge in [0.25, 0.3) is 0 Å². The van der Waals surface area contributed by atoms with Gasteiger partial charge in [0.15, 0.2) is 6.23 Å². The van der Waals surface area contributed by atoms with Crippen LogP contribution in [-0.4, -0.2) is 88.5 Å². The van der Waals surface area contributed by atoms with E-state index in [1.165, 1.54) is 147 Å². The molecule has 1 heterocycles. The highest BCUT2D eigenvalue weighted by Gasteiger charge is 2.48. The summed E-state index contributed by atoms with van der Waals surface area (Å²) in [6.07, 6.45) is 29.8. The molecule has 0 aromatic heterocycles. The van der Waals surface area contributed by atoms with Crippen LogP contribution in [0.1, 0.15) is 201 Å². The van der Waals surface area contributed by atoms with E-state index >= 15 is 0 Å². The summed E-state index contributed by atoms with van der Waals surface area (Å²) < 4.78 is 6.04. The first kappa shape index (κ1) is 48.6. The smallest absolute Gasteiger partial charge is 0.319 e. The van der Waals surface area contributed by atoms with Gasteiger partial charge in [0, 0.05) is 13.1 Å². The Morgan fingerprint density at radius 2 is 1.02 bits per heavy atom. The van der Waals surface area contributed by atoms with Crippen LogP contribution in [0, 0.1) is 0 Å². The molecule has 10 nitrogen and oxygen atoms in total. The maximum absolute atomic E-state index is 13.7. The molecular formula is C42H84N4O6. The second-order valence-corrected chi connectivity index (χ2v) is 15.7. The van der Waals surface area contributed by atoms with Crippen LogP contribution in [0.25, 0.3) is 0 Å². The SMILES string of the molecule is CCCCCCCCCCCCCCCCCCN(C(=O)NCCCCCCCCCCCCCC)[C@@H]1O[C@H](CO)[C@@H](O)[C@H](O)[C@H]1NC(=O)[C@H](C)N. The van der Waals surface area contributed by atoms with Crippen LogP contribution in [0.2, 0.25) is 0 Å². The number of nitrogens with one attached hydrogen (secondary N) is 2. The van der Waals surface area contributed by atoms with Gasteiger partial charge >= 0.3 is 6.03 Å². The molecule has 308 valence electrons. The number of aliphatic hydroxyl groups excluding tert-OH is 3. The van der Waals surface area contributed by atoms with E-state index in [0.717, 1.165) is 44.9 Å². The predicted octanol–water partition coefficient (Wildman–Crippen LogP) is 8.23. The Balaban J connectivity index is 2.56. The number of rotatable bonds is 34. The minimum atomic E-state index is -1.45. The van der Waals surface area contributed by atoms with Gasteiger partial charge in [-0.15, -0.1) is 0 Å². The van der Waals surface area contributed by atoms with Gasteiger partial charge in [-0.05, 0) is 19.8 Å². The van der Waals surface area contributed by atoms with Crippen molar-refractivity contribution < 1.29 is 29.6 Å². The molecule has 0 saturated carbocycles. The van der Waals surface area contributed by atoms with Crippen molar-refractivity contribution in [2.75, 3.05) is 19.7 Å². The molecule has 0 bridgehead atoms. The van der Waals surface area contributed by atoms with Gasteiger partial charge in [-0.25, -0.2) is 4.79 Å². The van der Waals surface area contributed by atoms with Crippen molar-refractivity contribution in [3.05, 3.63) is 0 Å². The fourth-order valence-corrected chi connectivity index (χ4v) is 7.25. The molecule has 0 radical (unpaired) electrons. The molecule has 1 aliphatic heterocycles. The molecule has 52 heavy (non-hydrogen) atoms. The van der Waals surface area contributed by atoms with Gasteiger partial charge in [0.05, 0.1) is 12.6 Å². The van der Waals surface area contributed by atoms with Crippen LogP contribution in [0.15, 0.2) is 0 Å². The van der Waals surface area contributed by atoms with Gasteiger partial charge < -0.3 is 36.4 Å². The molecule has 1 fully saturated rings. The molecule has 0 aromatic rings. The summed E-state index contributed by atoms with van der Waals surface area (Å²) in [5.74, 6) is -0.522. The van der Waals surface area contributed by atoms with Crippen molar-refractivity contribution in [3.8, 4) is 0 Å². The normalized spacial score (nSPS) is 20.9. The first-order chi connectivity index (χ1) is 25.3. The predicted molar refractivity (Wildman–Crippen MR) is 214 cm³/mol. The lowest BCUT2D eigenvalue weighted by Gasteiger charge is -2.46. The van der Waals surface area contributed by atoms with Crippen molar-refractivity contribution in [2.45, 2.75) is 237 Å². The average molecular weight is 741 g/mol. The molecule has 0 aliphatic carbocycles. The average Bonchev–Trinajstić information content (AvgIpc) is 3.13. The molecule has 7 N–H and O–H groups in total. The molecule has 10 heteroatoms. The minimum Gasteiger partial charge on any atom is -0.394 e. The summed E-state index contributed by atoms with van der Waals surface area (Å²) >= 11 is 0. The fraction of sp³-hybridized carbons (Fsp3) is 0.952. The molecule has 6 atom stereocenters. The minimum absolute atomic E-state index is 0.339. The van der Waals surface area contributed by atoms with E-state index in [1.54, 1.807) is 0 Å². The van der Waals surface area contributed by atoms with E-state index in [0.29, 0.717) is 13.1 Å². The molecule has 1 saturated heterocycles. The summed E-state index contributed by atoms with van der Waals surface area (Å²) in [6.45, 7) is 6.39. The Labute approximate surface area is 319 Å². The highest BCUT2D eigenvalue weighted by atomic mass is 16.5. The summed E-state index contributed by atoms with van der Waals surface area (Å²) in [7, 11) is 0. The van der Waals surface area contributed by atoms with Crippen molar-refractivity contribution in [1.29, 1.82) is 0 Å². The Hall–Kier alpha value is -1.46. The number of hydrogen-bond donors (Lipinski definition) is 6. The summed E-state index contributed by atoms with van der Waals surface area (Å²) in [5, 5.41) is 37.3.